The predicted molar refractivity (Wildman–Crippen MR) is 54.6 cm³/mol. The molecule has 13 heavy (non-hydrogen) atoms. The minimum atomic E-state index is 0.582. The quantitative estimate of drug-likeness (QED) is 0.649. The molecule has 0 saturated heterocycles. The standard InChI is InChI=1S/C12H22O/c1-11(2)5-9(11)7-13-8-10-6-12(10,3)4/h9-10H,5-8H2,1-4H3. The van der Waals surface area contributed by atoms with Crippen molar-refractivity contribution in [3.05, 3.63) is 0 Å². The molecule has 76 valence electrons. The van der Waals surface area contributed by atoms with E-state index in [9.17, 15) is 0 Å². The van der Waals surface area contributed by atoms with E-state index < -0.39 is 0 Å². The summed E-state index contributed by atoms with van der Waals surface area (Å²) < 4.78 is 5.75. The van der Waals surface area contributed by atoms with Gasteiger partial charge in [0.1, 0.15) is 0 Å². The maximum absolute atomic E-state index is 5.75. The fourth-order valence-electron chi connectivity index (χ4n) is 2.07. The molecule has 0 spiro atoms. The van der Waals surface area contributed by atoms with E-state index in [0.29, 0.717) is 10.8 Å². The van der Waals surface area contributed by atoms with Crippen molar-refractivity contribution in [2.45, 2.75) is 40.5 Å². The summed E-state index contributed by atoms with van der Waals surface area (Å²) in [6.07, 6.45) is 2.72. The second-order valence-electron chi connectivity index (χ2n) is 6.32. The van der Waals surface area contributed by atoms with Gasteiger partial charge < -0.3 is 4.74 Å². The van der Waals surface area contributed by atoms with E-state index in [1.165, 1.54) is 12.8 Å². The summed E-state index contributed by atoms with van der Waals surface area (Å²) in [7, 11) is 0. The average Bonchev–Trinajstić information content (AvgIpc) is 2.75. The lowest BCUT2D eigenvalue weighted by Crippen LogP contribution is -2.06. The summed E-state index contributed by atoms with van der Waals surface area (Å²) in [4.78, 5) is 0. The van der Waals surface area contributed by atoms with E-state index in [1.807, 2.05) is 0 Å². The molecule has 2 aliphatic carbocycles. The van der Waals surface area contributed by atoms with Crippen LogP contribution in [0.15, 0.2) is 0 Å². The summed E-state index contributed by atoms with van der Waals surface area (Å²) in [6, 6.07) is 0. The van der Waals surface area contributed by atoms with Gasteiger partial charge in [0.25, 0.3) is 0 Å². The van der Waals surface area contributed by atoms with Crippen LogP contribution in [0.5, 0.6) is 0 Å². The summed E-state index contributed by atoms with van der Waals surface area (Å²) in [5, 5.41) is 0. The Balaban J connectivity index is 1.56. The molecule has 2 saturated carbocycles. The van der Waals surface area contributed by atoms with Gasteiger partial charge in [-0.15, -0.1) is 0 Å². The Hall–Kier alpha value is -0.0400. The first-order valence-corrected chi connectivity index (χ1v) is 5.49. The zero-order valence-corrected chi connectivity index (χ0v) is 9.39. The van der Waals surface area contributed by atoms with Crippen molar-refractivity contribution in [2.75, 3.05) is 13.2 Å². The zero-order chi connectivity index (χ0) is 9.69. The molecular weight excluding hydrogens is 160 g/mol. The van der Waals surface area contributed by atoms with Crippen LogP contribution in [-0.4, -0.2) is 13.2 Å². The Morgan fingerprint density at radius 3 is 1.46 bits per heavy atom. The first-order chi connectivity index (χ1) is 5.92. The SMILES string of the molecule is CC1(C)CC1COCC1CC1(C)C. The van der Waals surface area contributed by atoms with E-state index >= 15 is 0 Å². The fourth-order valence-corrected chi connectivity index (χ4v) is 2.07. The number of ether oxygens (including phenoxy) is 1. The van der Waals surface area contributed by atoms with Gasteiger partial charge in [-0.1, -0.05) is 27.7 Å². The molecule has 0 radical (unpaired) electrons. The van der Waals surface area contributed by atoms with E-state index in [0.717, 1.165) is 25.0 Å². The Morgan fingerprint density at radius 1 is 0.923 bits per heavy atom. The molecule has 2 aliphatic rings. The Morgan fingerprint density at radius 2 is 1.23 bits per heavy atom. The van der Waals surface area contributed by atoms with Gasteiger partial charge in [-0.2, -0.15) is 0 Å². The molecule has 0 aromatic carbocycles. The summed E-state index contributed by atoms with van der Waals surface area (Å²) in [5.74, 6) is 1.68. The van der Waals surface area contributed by atoms with Gasteiger partial charge in [0.2, 0.25) is 0 Å². The van der Waals surface area contributed by atoms with Crippen LogP contribution in [0.2, 0.25) is 0 Å². The zero-order valence-electron chi connectivity index (χ0n) is 9.39. The van der Waals surface area contributed by atoms with Crippen molar-refractivity contribution < 1.29 is 4.74 Å². The maximum atomic E-state index is 5.75. The third kappa shape index (κ3) is 2.07. The number of hydrogen-bond acceptors (Lipinski definition) is 1. The molecular formula is C12H22O. The summed E-state index contributed by atoms with van der Waals surface area (Å²) in [6.45, 7) is 11.3. The smallest absolute Gasteiger partial charge is 0.0499 e. The molecule has 0 N–H and O–H groups in total. The van der Waals surface area contributed by atoms with Crippen molar-refractivity contribution in [3.63, 3.8) is 0 Å². The van der Waals surface area contributed by atoms with Gasteiger partial charge in [0, 0.05) is 13.2 Å². The molecule has 0 aliphatic heterocycles. The third-order valence-corrected chi connectivity index (χ3v) is 4.07. The normalized spacial score (nSPS) is 38.8. The first-order valence-electron chi connectivity index (χ1n) is 5.49. The van der Waals surface area contributed by atoms with Crippen LogP contribution in [0, 0.1) is 22.7 Å². The van der Waals surface area contributed by atoms with Crippen LogP contribution >= 0.6 is 0 Å². The second kappa shape index (κ2) is 2.73. The second-order valence-corrected chi connectivity index (χ2v) is 6.32. The Bertz CT molecular complexity index is 183. The molecule has 2 unspecified atom stereocenters. The maximum Gasteiger partial charge on any atom is 0.0499 e. The van der Waals surface area contributed by atoms with Crippen molar-refractivity contribution in [2.24, 2.45) is 22.7 Å². The molecule has 2 rings (SSSR count). The van der Waals surface area contributed by atoms with Gasteiger partial charge in [-0.3, -0.25) is 0 Å². The molecule has 1 heteroatoms. The van der Waals surface area contributed by atoms with E-state index in [1.54, 1.807) is 0 Å². The lowest BCUT2D eigenvalue weighted by Gasteiger charge is -2.06. The van der Waals surface area contributed by atoms with Crippen molar-refractivity contribution in [1.82, 2.24) is 0 Å². The van der Waals surface area contributed by atoms with Crippen LogP contribution < -0.4 is 0 Å². The van der Waals surface area contributed by atoms with Crippen LogP contribution in [0.3, 0.4) is 0 Å². The van der Waals surface area contributed by atoms with E-state index in [2.05, 4.69) is 27.7 Å². The lowest BCUT2D eigenvalue weighted by atomic mass is 10.1. The number of hydrogen-bond donors (Lipinski definition) is 0. The van der Waals surface area contributed by atoms with Crippen molar-refractivity contribution in [1.29, 1.82) is 0 Å². The largest absolute Gasteiger partial charge is 0.381 e. The third-order valence-electron chi connectivity index (χ3n) is 4.07. The molecule has 0 aromatic rings. The van der Waals surface area contributed by atoms with Crippen molar-refractivity contribution in [3.8, 4) is 0 Å². The minimum absolute atomic E-state index is 0.582. The highest BCUT2D eigenvalue weighted by atomic mass is 16.5. The van der Waals surface area contributed by atoms with E-state index in [-0.39, 0.29) is 0 Å². The van der Waals surface area contributed by atoms with Gasteiger partial charge in [-0.05, 0) is 35.5 Å². The minimum Gasteiger partial charge on any atom is -0.381 e. The summed E-state index contributed by atoms with van der Waals surface area (Å²) in [5.41, 5.74) is 1.16. The Labute approximate surface area is 81.9 Å². The molecule has 2 atom stereocenters. The van der Waals surface area contributed by atoms with Gasteiger partial charge >= 0.3 is 0 Å². The predicted octanol–water partition coefficient (Wildman–Crippen LogP) is 3.10. The Kier molecular flexibility index (Phi) is 1.99. The molecule has 1 nitrogen and oxygen atoms in total. The summed E-state index contributed by atoms with van der Waals surface area (Å²) >= 11 is 0. The lowest BCUT2D eigenvalue weighted by molar-refractivity contribution is 0.100. The molecule has 0 bridgehead atoms. The van der Waals surface area contributed by atoms with Crippen LogP contribution in [0.1, 0.15) is 40.5 Å². The number of rotatable bonds is 4. The molecule has 0 amide bonds. The highest BCUT2D eigenvalue weighted by Gasteiger charge is 2.47. The first kappa shape index (κ1) is 9.51. The van der Waals surface area contributed by atoms with Gasteiger partial charge in [0.15, 0.2) is 0 Å². The van der Waals surface area contributed by atoms with Crippen LogP contribution in [0.25, 0.3) is 0 Å². The van der Waals surface area contributed by atoms with Crippen LogP contribution in [-0.2, 0) is 4.74 Å². The average molecular weight is 182 g/mol. The topological polar surface area (TPSA) is 9.23 Å². The fraction of sp³-hybridized carbons (Fsp3) is 1.00. The van der Waals surface area contributed by atoms with Gasteiger partial charge in [0.05, 0.1) is 0 Å². The molecule has 0 aromatic heterocycles. The molecule has 0 heterocycles. The van der Waals surface area contributed by atoms with E-state index in [4.69, 9.17) is 4.74 Å². The monoisotopic (exact) mass is 182 g/mol. The van der Waals surface area contributed by atoms with Crippen molar-refractivity contribution >= 4 is 0 Å². The molecule has 2 fully saturated rings. The highest BCUT2D eigenvalue weighted by Crippen LogP contribution is 2.53. The highest BCUT2D eigenvalue weighted by molar-refractivity contribution is 4.96. The van der Waals surface area contributed by atoms with Gasteiger partial charge in [-0.25, -0.2) is 0 Å². The van der Waals surface area contributed by atoms with Crippen LogP contribution in [0.4, 0.5) is 0 Å².